The summed E-state index contributed by atoms with van der Waals surface area (Å²) < 4.78 is 0. The molecule has 0 aliphatic rings. The Balaban J connectivity index is 2.90. The van der Waals surface area contributed by atoms with E-state index >= 15 is 0 Å². The lowest BCUT2D eigenvalue weighted by Gasteiger charge is -2.08. The molecule has 4 nitrogen and oxygen atoms in total. The zero-order valence-corrected chi connectivity index (χ0v) is 10.0. The lowest BCUT2D eigenvalue weighted by Crippen LogP contribution is -2.13. The van der Waals surface area contributed by atoms with Crippen molar-refractivity contribution in [3.05, 3.63) is 23.2 Å². The molecule has 1 rings (SSSR count). The van der Waals surface area contributed by atoms with E-state index in [-0.39, 0.29) is 17.7 Å². The number of anilines is 2. The van der Waals surface area contributed by atoms with Crippen molar-refractivity contribution in [1.82, 2.24) is 0 Å². The standard InChI is InChI=1S/C10H10Cl2N2O2/c1-6(15)13-7-2-3-8(12)9(4-7)14-10(16)5-11/h2-4H,5H2,1H3,(H,13,15)(H,14,16). The fourth-order valence-corrected chi connectivity index (χ4v) is 1.32. The van der Waals surface area contributed by atoms with Crippen LogP contribution in [0.25, 0.3) is 0 Å². The molecule has 0 aromatic heterocycles. The van der Waals surface area contributed by atoms with Gasteiger partial charge in [-0.3, -0.25) is 9.59 Å². The minimum atomic E-state index is -0.358. The molecule has 0 atom stereocenters. The molecule has 0 unspecified atom stereocenters. The van der Waals surface area contributed by atoms with E-state index in [0.717, 1.165) is 0 Å². The van der Waals surface area contributed by atoms with Crippen LogP contribution in [0.3, 0.4) is 0 Å². The minimum Gasteiger partial charge on any atom is -0.326 e. The predicted octanol–water partition coefficient (Wildman–Crippen LogP) is 2.48. The highest BCUT2D eigenvalue weighted by molar-refractivity contribution is 6.34. The van der Waals surface area contributed by atoms with Crippen molar-refractivity contribution in [2.75, 3.05) is 16.5 Å². The smallest absolute Gasteiger partial charge is 0.239 e. The largest absolute Gasteiger partial charge is 0.326 e. The van der Waals surface area contributed by atoms with Crippen LogP contribution in [0.2, 0.25) is 5.02 Å². The number of hydrogen-bond acceptors (Lipinski definition) is 2. The second kappa shape index (κ2) is 5.72. The van der Waals surface area contributed by atoms with Crippen LogP contribution in [0.1, 0.15) is 6.92 Å². The van der Waals surface area contributed by atoms with Crippen molar-refractivity contribution in [1.29, 1.82) is 0 Å². The summed E-state index contributed by atoms with van der Waals surface area (Å²) in [7, 11) is 0. The van der Waals surface area contributed by atoms with Crippen molar-refractivity contribution >= 4 is 46.4 Å². The molecule has 1 aromatic carbocycles. The van der Waals surface area contributed by atoms with E-state index in [2.05, 4.69) is 10.6 Å². The van der Waals surface area contributed by atoms with E-state index in [0.29, 0.717) is 16.4 Å². The highest BCUT2D eigenvalue weighted by Crippen LogP contribution is 2.25. The maximum atomic E-state index is 11.1. The normalized spacial score (nSPS) is 9.69. The number of hydrogen-bond donors (Lipinski definition) is 2. The number of carbonyl (C=O) groups is 2. The summed E-state index contributed by atoms with van der Waals surface area (Å²) in [5.41, 5.74) is 0.973. The first-order valence-electron chi connectivity index (χ1n) is 4.46. The molecule has 0 saturated heterocycles. The Kier molecular flexibility index (Phi) is 4.58. The summed E-state index contributed by atoms with van der Waals surface area (Å²) in [6.07, 6.45) is 0. The first-order chi connectivity index (χ1) is 7.52. The molecule has 0 spiro atoms. The second-order valence-electron chi connectivity index (χ2n) is 3.06. The summed E-state index contributed by atoms with van der Waals surface area (Å²) in [5.74, 6) is -0.707. The molecule has 1 aromatic rings. The first-order valence-corrected chi connectivity index (χ1v) is 5.37. The molecule has 2 amide bonds. The van der Waals surface area contributed by atoms with Gasteiger partial charge in [0.25, 0.3) is 0 Å². The quantitative estimate of drug-likeness (QED) is 0.821. The fourth-order valence-electron chi connectivity index (χ4n) is 1.09. The SMILES string of the molecule is CC(=O)Nc1ccc(Cl)c(NC(=O)CCl)c1. The average Bonchev–Trinajstić information content (AvgIpc) is 2.22. The molecular formula is C10H10Cl2N2O2. The van der Waals surface area contributed by atoms with Gasteiger partial charge in [0.05, 0.1) is 10.7 Å². The van der Waals surface area contributed by atoms with Crippen LogP contribution in [0.5, 0.6) is 0 Å². The van der Waals surface area contributed by atoms with Gasteiger partial charge >= 0.3 is 0 Å². The van der Waals surface area contributed by atoms with Gasteiger partial charge < -0.3 is 10.6 Å². The first kappa shape index (κ1) is 12.8. The highest BCUT2D eigenvalue weighted by Gasteiger charge is 2.06. The Hall–Kier alpha value is -1.26. The zero-order valence-electron chi connectivity index (χ0n) is 8.51. The molecule has 16 heavy (non-hydrogen) atoms. The van der Waals surface area contributed by atoms with Crippen molar-refractivity contribution in [2.45, 2.75) is 6.92 Å². The van der Waals surface area contributed by atoms with Crippen LogP contribution >= 0.6 is 23.2 Å². The Labute approximate surface area is 103 Å². The third kappa shape index (κ3) is 3.72. The van der Waals surface area contributed by atoms with Gasteiger partial charge in [0.1, 0.15) is 5.88 Å². The van der Waals surface area contributed by atoms with E-state index in [9.17, 15) is 9.59 Å². The molecule has 6 heteroatoms. The number of alkyl halides is 1. The van der Waals surface area contributed by atoms with Gasteiger partial charge in [0.15, 0.2) is 0 Å². The van der Waals surface area contributed by atoms with E-state index in [1.165, 1.54) is 6.92 Å². The third-order valence-corrected chi connectivity index (χ3v) is 2.25. The molecular weight excluding hydrogens is 251 g/mol. The Morgan fingerprint density at radius 2 is 2.00 bits per heavy atom. The summed E-state index contributed by atoms with van der Waals surface area (Å²) >= 11 is 11.2. The van der Waals surface area contributed by atoms with Crippen LogP contribution in [0.4, 0.5) is 11.4 Å². The molecule has 0 aliphatic heterocycles. The maximum Gasteiger partial charge on any atom is 0.239 e. The molecule has 0 fully saturated rings. The van der Waals surface area contributed by atoms with Crippen LogP contribution in [0.15, 0.2) is 18.2 Å². The number of benzene rings is 1. The molecule has 0 bridgehead atoms. The van der Waals surface area contributed by atoms with Gasteiger partial charge in [-0.15, -0.1) is 11.6 Å². The second-order valence-corrected chi connectivity index (χ2v) is 3.73. The van der Waals surface area contributed by atoms with E-state index in [1.807, 2.05) is 0 Å². The Morgan fingerprint density at radius 1 is 1.31 bits per heavy atom. The fraction of sp³-hybridized carbons (Fsp3) is 0.200. The zero-order chi connectivity index (χ0) is 12.1. The van der Waals surface area contributed by atoms with Crippen LogP contribution in [-0.2, 0) is 9.59 Å². The molecule has 2 N–H and O–H groups in total. The summed E-state index contributed by atoms with van der Waals surface area (Å²) in [6.45, 7) is 1.39. The van der Waals surface area contributed by atoms with E-state index in [1.54, 1.807) is 18.2 Å². The van der Waals surface area contributed by atoms with E-state index < -0.39 is 0 Å². The topological polar surface area (TPSA) is 58.2 Å². The molecule has 0 aliphatic carbocycles. The van der Waals surface area contributed by atoms with Gasteiger partial charge in [-0.25, -0.2) is 0 Å². The van der Waals surface area contributed by atoms with Crippen LogP contribution in [-0.4, -0.2) is 17.7 Å². The van der Waals surface area contributed by atoms with Crippen molar-refractivity contribution in [2.24, 2.45) is 0 Å². The van der Waals surface area contributed by atoms with Gasteiger partial charge in [-0.05, 0) is 18.2 Å². The van der Waals surface area contributed by atoms with Crippen LogP contribution in [0, 0.1) is 0 Å². The summed E-state index contributed by atoms with van der Waals surface area (Å²) in [6, 6.07) is 4.78. The minimum absolute atomic E-state index is 0.152. The average molecular weight is 261 g/mol. The highest BCUT2D eigenvalue weighted by atomic mass is 35.5. The number of carbonyl (C=O) groups excluding carboxylic acids is 2. The number of rotatable bonds is 3. The van der Waals surface area contributed by atoms with E-state index in [4.69, 9.17) is 23.2 Å². The summed E-state index contributed by atoms with van der Waals surface area (Å²) in [5, 5.41) is 5.48. The van der Waals surface area contributed by atoms with Gasteiger partial charge in [0.2, 0.25) is 11.8 Å². The van der Waals surface area contributed by atoms with Gasteiger partial charge in [0, 0.05) is 12.6 Å². The Bertz CT molecular complexity index is 421. The monoisotopic (exact) mass is 260 g/mol. The Morgan fingerprint density at radius 3 is 2.56 bits per heavy atom. The summed E-state index contributed by atoms with van der Waals surface area (Å²) in [4.78, 5) is 21.9. The van der Waals surface area contributed by atoms with Crippen LogP contribution < -0.4 is 10.6 Å². The van der Waals surface area contributed by atoms with Gasteiger partial charge in [-0.2, -0.15) is 0 Å². The lowest BCUT2D eigenvalue weighted by molar-refractivity contribution is -0.114. The van der Waals surface area contributed by atoms with Crippen molar-refractivity contribution in [3.8, 4) is 0 Å². The van der Waals surface area contributed by atoms with Crippen molar-refractivity contribution in [3.63, 3.8) is 0 Å². The number of halogens is 2. The number of amides is 2. The molecule has 0 heterocycles. The van der Waals surface area contributed by atoms with Crippen molar-refractivity contribution < 1.29 is 9.59 Å². The predicted molar refractivity (Wildman–Crippen MR) is 65.1 cm³/mol. The molecule has 0 saturated carbocycles. The van der Waals surface area contributed by atoms with Gasteiger partial charge in [-0.1, -0.05) is 11.6 Å². The molecule has 86 valence electrons. The third-order valence-electron chi connectivity index (χ3n) is 1.68. The lowest BCUT2D eigenvalue weighted by atomic mass is 10.2. The molecule has 0 radical (unpaired) electrons. The maximum absolute atomic E-state index is 11.1. The number of nitrogens with one attached hydrogen (secondary N) is 2.